The third-order valence-electron chi connectivity index (χ3n) is 25.4. The van der Waals surface area contributed by atoms with Gasteiger partial charge in [0, 0.05) is 98.8 Å². The van der Waals surface area contributed by atoms with Crippen LogP contribution >= 0.6 is 0 Å². The van der Waals surface area contributed by atoms with E-state index in [4.69, 9.17) is 58.1 Å². The molecule has 620 valence electrons. The number of nitrogens with zero attached hydrogens (tertiary/aromatic N) is 9. The molecule has 0 saturated carbocycles. The van der Waals surface area contributed by atoms with Gasteiger partial charge in [-0.15, -0.1) is 0 Å². The number of fused-ring (bicyclic) bond motifs is 18. The van der Waals surface area contributed by atoms with Crippen LogP contribution in [-0.4, -0.2) is 44.9 Å². The van der Waals surface area contributed by atoms with Crippen LogP contribution in [0.15, 0.2) is 444 Å². The Hall–Kier alpha value is -17.6. The molecule has 0 fully saturated rings. The molecule has 1 aliphatic rings. The van der Waals surface area contributed by atoms with Crippen LogP contribution in [0.5, 0.6) is 0 Å². The maximum atomic E-state index is 6.46. The zero-order valence-corrected chi connectivity index (χ0v) is 71.7. The molecular formula is C120H77N9O3. The third kappa shape index (κ3) is 14.4. The van der Waals surface area contributed by atoms with Gasteiger partial charge in [-0.05, 0) is 156 Å². The van der Waals surface area contributed by atoms with E-state index >= 15 is 0 Å². The summed E-state index contributed by atoms with van der Waals surface area (Å²) in [6.07, 6.45) is 0. The molecule has 0 spiro atoms. The summed E-state index contributed by atoms with van der Waals surface area (Å²) in [6.45, 7) is 4.57. The molecule has 0 bridgehead atoms. The van der Waals surface area contributed by atoms with E-state index in [0.29, 0.717) is 52.4 Å². The van der Waals surface area contributed by atoms with Gasteiger partial charge in [0.2, 0.25) is 0 Å². The van der Waals surface area contributed by atoms with Crippen molar-refractivity contribution < 1.29 is 13.3 Å². The Balaban J connectivity index is 0.000000110. The lowest BCUT2D eigenvalue weighted by molar-refractivity contribution is 0.653. The van der Waals surface area contributed by atoms with Gasteiger partial charge in [-0.2, -0.15) is 0 Å². The fraction of sp³-hybridized carbons (Fsp3) is 0.0250. The minimum atomic E-state index is -0.203. The summed E-state index contributed by atoms with van der Waals surface area (Å²) in [7, 11) is 0. The first-order valence-electron chi connectivity index (χ1n) is 44.3. The summed E-state index contributed by atoms with van der Waals surface area (Å²) in [5.74, 6) is 5.72. The highest BCUT2D eigenvalue weighted by atomic mass is 16.3. The lowest BCUT2D eigenvalue weighted by atomic mass is 9.82. The minimum Gasteiger partial charge on any atom is -0.456 e. The van der Waals surface area contributed by atoms with E-state index in [1.165, 1.54) is 49.4 Å². The van der Waals surface area contributed by atoms with E-state index in [0.717, 1.165) is 154 Å². The molecule has 0 saturated heterocycles. The Bertz CT molecular complexity index is 8670. The van der Waals surface area contributed by atoms with Crippen LogP contribution in [0.3, 0.4) is 0 Å². The van der Waals surface area contributed by atoms with E-state index in [-0.39, 0.29) is 5.41 Å². The molecule has 0 radical (unpaired) electrons. The molecule has 0 amide bonds. The summed E-state index contributed by atoms with van der Waals surface area (Å²) in [5, 5.41) is 13.9. The van der Waals surface area contributed by atoms with Crippen LogP contribution in [0.4, 0.5) is 0 Å². The van der Waals surface area contributed by atoms with E-state index in [2.05, 4.69) is 257 Å². The molecule has 12 nitrogen and oxygen atoms in total. The van der Waals surface area contributed by atoms with Crippen molar-refractivity contribution in [2.24, 2.45) is 0 Å². The predicted octanol–water partition coefficient (Wildman–Crippen LogP) is 31.1. The number of rotatable bonds is 12. The van der Waals surface area contributed by atoms with Crippen LogP contribution in [0.25, 0.3) is 245 Å². The van der Waals surface area contributed by atoms with Crippen LogP contribution < -0.4 is 0 Å². The maximum Gasteiger partial charge on any atom is 0.164 e. The average Bonchev–Trinajstić information content (AvgIpc) is 1.55. The zero-order valence-electron chi connectivity index (χ0n) is 71.7. The molecule has 12 heteroatoms. The quantitative estimate of drug-likeness (QED) is 0.107. The third-order valence-corrected chi connectivity index (χ3v) is 25.4. The van der Waals surface area contributed by atoms with Gasteiger partial charge in [0.25, 0.3) is 0 Å². The van der Waals surface area contributed by atoms with E-state index in [1.807, 2.05) is 188 Å². The van der Waals surface area contributed by atoms with Gasteiger partial charge in [0.05, 0.1) is 0 Å². The van der Waals surface area contributed by atoms with Crippen molar-refractivity contribution in [1.82, 2.24) is 44.9 Å². The van der Waals surface area contributed by atoms with Gasteiger partial charge in [-0.1, -0.05) is 366 Å². The van der Waals surface area contributed by atoms with E-state index in [9.17, 15) is 0 Å². The first-order chi connectivity index (χ1) is 65.1. The van der Waals surface area contributed by atoms with Crippen molar-refractivity contribution in [1.29, 1.82) is 0 Å². The SMILES string of the molecule is CC1(C)c2cc(-c3nc(-c4ccccc4)nc(-c4ccccc4)n3)ccc2-c2c1ccc1c2oc2ccccc21.c1ccc(-c2cc(-c3ccccc3)cc(-c3nc(-c4ccccc4)nc(-c4ccc5c(ccc6c7ccccc7oc56)c4)n3)c2)cc1.c1ccc(-c2nc(-c3ccc(-c4ccc5c(ccc6ccccc65)c4)cc3)nc(-c3ccc4c(c3)oc3ccccc34)n2)cc1. The average molecular weight is 1690 g/mol. The highest BCUT2D eigenvalue weighted by Crippen LogP contribution is 2.54. The normalized spacial score (nSPS) is 12.1. The van der Waals surface area contributed by atoms with Crippen molar-refractivity contribution in [2.45, 2.75) is 19.3 Å². The number of hydrogen-bond donors (Lipinski definition) is 0. The zero-order chi connectivity index (χ0) is 87.7. The van der Waals surface area contributed by atoms with E-state index < -0.39 is 0 Å². The summed E-state index contributed by atoms with van der Waals surface area (Å²) in [6, 6.07) is 148. The van der Waals surface area contributed by atoms with Gasteiger partial charge < -0.3 is 13.3 Å². The fourth-order valence-electron chi connectivity index (χ4n) is 18.7. The number of para-hydroxylation sites is 3. The number of hydrogen-bond acceptors (Lipinski definition) is 12. The van der Waals surface area contributed by atoms with Gasteiger partial charge in [-0.3, -0.25) is 0 Å². The van der Waals surface area contributed by atoms with Gasteiger partial charge in [0.15, 0.2) is 52.4 Å². The fourth-order valence-corrected chi connectivity index (χ4v) is 18.7. The van der Waals surface area contributed by atoms with Crippen molar-refractivity contribution in [2.75, 3.05) is 0 Å². The molecule has 6 heterocycles. The lowest BCUT2D eigenvalue weighted by Gasteiger charge is -2.21. The van der Waals surface area contributed by atoms with Crippen LogP contribution in [0, 0.1) is 0 Å². The Kier molecular flexibility index (Phi) is 19.3. The topological polar surface area (TPSA) is 155 Å². The highest BCUT2D eigenvalue weighted by molar-refractivity contribution is 6.16. The Labute approximate surface area is 759 Å². The summed E-state index contributed by atoms with van der Waals surface area (Å²) >= 11 is 0. The second-order valence-corrected chi connectivity index (χ2v) is 33.8. The molecule has 0 unspecified atom stereocenters. The van der Waals surface area contributed by atoms with Crippen molar-refractivity contribution in [3.8, 4) is 147 Å². The standard InChI is InChI=1S/C43H27N3O.C41H25N3O.C36H25N3O/c1-4-12-28(13-5-1)33-25-34(29-14-6-2-7-15-29)27-35(26-33)43-45-41(30-16-8-3-9-17-30)44-42(46-43)32-21-22-36-31(24-32)20-23-38-37-18-10-11-19-39(37)47-40(36)38;1-2-9-28(10-3-1)39-42-40(44-41(43-39)32-21-23-36-35-12-6-7-13-37(35)45-38(36)25-32)29-17-14-26(15-18-29)30-20-22-34-31(24-30)19-16-27-8-4-5-11-33(27)34;1-36(2)28-20-19-26-25-15-9-10-16-30(25)40-32(26)31(28)27-18-17-24(21-29(27)36)35-38-33(22-11-5-3-6-12-22)37-34(39-35)23-13-7-4-8-14-23/h1-27H;1-25H;3-21H,1-2H3. The van der Waals surface area contributed by atoms with Crippen LogP contribution in [0.2, 0.25) is 0 Å². The summed E-state index contributed by atoms with van der Waals surface area (Å²) in [5.41, 5.74) is 25.2. The second-order valence-electron chi connectivity index (χ2n) is 33.8. The second kappa shape index (κ2) is 32.7. The van der Waals surface area contributed by atoms with Crippen molar-refractivity contribution >= 4 is 98.1 Å². The van der Waals surface area contributed by atoms with Crippen LogP contribution in [-0.2, 0) is 5.41 Å². The number of aromatic nitrogens is 9. The van der Waals surface area contributed by atoms with Crippen molar-refractivity contribution in [3.63, 3.8) is 0 Å². The van der Waals surface area contributed by atoms with Gasteiger partial charge >= 0.3 is 0 Å². The lowest BCUT2D eigenvalue weighted by Crippen LogP contribution is -2.15. The molecule has 0 aliphatic heterocycles. The predicted molar refractivity (Wildman–Crippen MR) is 537 cm³/mol. The summed E-state index contributed by atoms with van der Waals surface area (Å²) < 4.78 is 19.0. The Morgan fingerprint density at radius 2 is 0.470 bits per heavy atom. The Morgan fingerprint density at radius 3 is 1.00 bits per heavy atom. The molecule has 19 aromatic carbocycles. The molecule has 6 aromatic heterocycles. The first-order valence-corrected chi connectivity index (χ1v) is 44.3. The maximum absolute atomic E-state index is 6.46. The summed E-state index contributed by atoms with van der Waals surface area (Å²) in [4.78, 5) is 44.8. The molecular weight excluding hydrogens is 1620 g/mol. The number of benzene rings is 19. The number of furan rings is 3. The van der Waals surface area contributed by atoms with E-state index in [1.54, 1.807) is 0 Å². The first kappa shape index (κ1) is 77.9. The van der Waals surface area contributed by atoms with Crippen LogP contribution in [0.1, 0.15) is 25.0 Å². The smallest absolute Gasteiger partial charge is 0.164 e. The molecule has 0 atom stereocenters. The largest absolute Gasteiger partial charge is 0.456 e. The van der Waals surface area contributed by atoms with Gasteiger partial charge in [0.1, 0.15) is 33.5 Å². The monoisotopic (exact) mass is 1690 g/mol. The molecule has 1 aliphatic carbocycles. The molecule has 26 rings (SSSR count). The Morgan fingerprint density at radius 1 is 0.167 bits per heavy atom. The van der Waals surface area contributed by atoms with Gasteiger partial charge in [-0.25, -0.2) is 44.9 Å². The minimum absolute atomic E-state index is 0.203. The molecule has 0 N–H and O–H groups in total. The van der Waals surface area contributed by atoms with Crippen molar-refractivity contribution in [3.05, 3.63) is 442 Å². The highest BCUT2D eigenvalue weighted by Gasteiger charge is 2.38. The molecule has 25 aromatic rings. The molecule has 132 heavy (non-hydrogen) atoms.